The number of unbranched alkanes of at least 4 members (excludes halogenated alkanes) is 47. The molecule has 82 heavy (non-hydrogen) atoms. The van der Waals surface area contributed by atoms with Crippen LogP contribution in [0.2, 0.25) is 0 Å². The van der Waals surface area contributed by atoms with E-state index in [9.17, 15) is 19.0 Å². The van der Waals surface area contributed by atoms with Crippen molar-refractivity contribution in [3.8, 4) is 0 Å². The molecule has 2 unspecified atom stereocenters. The van der Waals surface area contributed by atoms with Crippen LogP contribution in [-0.2, 0) is 32.7 Å². The first-order chi connectivity index (χ1) is 40.0. The molecular formula is C72H139NO8P+. The monoisotopic (exact) mass is 1180 g/mol. The van der Waals surface area contributed by atoms with Gasteiger partial charge in [0.2, 0.25) is 0 Å². The number of likely N-dealkylation sites (N-methyl/N-ethyl adjacent to an activating group) is 1. The number of carbonyl (C=O) groups excluding carboxylic acids is 2. The van der Waals surface area contributed by atoms with Crippen LogP contribution in [0.1, 0.15) is 361 Å². The van der Waals surface area contributed by atoms with Gasteiger partial charge in [-0.3, -0.25) is 18.6 Å². The van der Waals surface area contributed by atoms with E-state index >= 15 is 0 Å². The minimum Gasteiger partial charge on any atom is -0.462 e. The average molecular weight is 1180 g/mol. The number of nitrogens with zero attached hydrogens (tertiary/aromatic N) is 1. The smallest absolute Gasteiger partial charge is 0.462 e. The molecule has 0 aromatic carbocycles. The maximum atomic E-state index is 12.9. The lowest BCUT2D eigenvalue weighted by Crippen LogP contribution is -2.37. The molecule has 0 aliphatic heterocycles. The molecule has 2 atom stereocenters. The highest BCUT2D eigenvalue weighted by atomic mass is 31.2. The lowest BCUT2D eigenvalue weighted by Gasteiger charge is -2.24. The van der Waals surface area contributed by atoms with E-state index in [4.69, 9.17) is 18.5 Å². The van der Waals surface area contributed by atoms with Gasteiger partial charge in [-0.25, -0.2) is 4.57 Å². The van der Waals surface area contributed by atoms with Crippen molar-refractivity contribution < 1.29 is 42.1 Å². The van der Waals surface area contributed by atoms with Gasteiger partial charge in [0.05, 0.1) is 27.7 Å². The first kappa shape index (κ1) is 80.2. The molecule has 0 aromatic heterocycles. The summed E-state index contributed by atoms with van der Waals surface area (Å²) in [5.74, 6) is -0.776. The Morgan fingerprint density at radius 1 is 0.378 bits per heavy atom. The van der Waals surface area contributed by atoms with Crippen molar-refractivity contribution in [2.24, 2.45) is 0 Å². The summed E-state index contributed by atoms with van der Waals surface area (Å²) in [6.45, 7) is 4.49. The van der Waals surface area contributed by atoms with Gasteiger partial charge in [-0.15, -0.1) is 0 Å². The molecule has 0 bridgehead atoms. The molecule has 0 fully saturated rings. The summed E-state index contributed by atoms with van der Waals surface area (Å²) >= 11 is 0. The molecule has 0 saturated carbocycles. The van der Waals surface area contributed by atoms with E-state index < -0.39 is 26.5 Å². The van der Waals surface area contributed by atoms with Gasteiger partial charge in [0.25, 0.3) is 0 Å². The zero-order valence-corrected chi connectivity index (χ0v) is 56.1. The summed E-state index contributed by atoms with van der Waals surface area (Å²) in [5.41, 5.74) is 0. The molecule has 0 aliphatic carbocycles. The largest absolute Gasteiger partial charge is 0.472 e. The van der Waals surface area contributed by atoms with Crippen LogP contribution in [0.3, 0.4) is 0 Å². The first-order valence-electron chi connectivity index (χ1n) is 35.7. The molecule has 0 heterocycles. The van der Waals surface area contributed by atoms with Gasteiger partial charge in [-0.2, -0.15) is 0 Å². The molecule has 0 radical (unpaired) electrons. The molecule has 10 heteroatoms. The molecule has 0 amide bonds. The first-order valence-corrected chi connectivity index (χ1v) is 37.2. The van der Waals surface area contributed by atoms with E-state index in [1.165, 1.54) is 283 Å². The molecule has 0 rings (SSSR count). The van der Waals surface area contributed by atoms with E-state index in [0.29, 0.717) is 23.9 Å². The Labute approximate surface area is 510 Å². The zero-order chi connectivity index (χ0) is 59.8. The summed E-state index contributed by atoms with van der Waals surface area (Å²) in [7, 11) is 1.50. The Bertz CT molecular complexity index is 1480. The number of carbonyl (C=O) groups is 2. The van der Waals surface area contributed by atoms with Crippen molar-refractivity contribution in [2.75, 3.05) is 47.5 Å². The summed E-state index contributed by atoms with van der Waals surface area (Å²) in [6, 6.07) is 0. The highest BCUT2D eigenvalue weighted by Crippen LogP contribution is 2.43. The molecule has 0 aromatic rings. The third-order valence-corrected chi connectivity index (χ3v) is 17.2. The van der Waals surface area contributed by atoms with Gasteiger partial charge in [0.1, 0.15) is 19.8 Å². The van der Waals surface area contributed by atoms with Gasteiger partial charge in [-0.05, 0) is 51.4 Å². The number of esters is 2. The number of allylic oxidation sites excluding steroid dienone is 6. The average Bonchev–Trinajstić information content (AvgIpc) is 3.46. The number of phosphoric ester groups is 1. The van der Waals surface area contributed by atoms with Crippen LogP contribution >= 0.6 is 7.82 Å². The van der Waals surface area contributed by atoms with Crippen molar-refractivity contribution in [1.82, 2.24) is 0 Å². The Kier molecular flexibility index (Phi) is 62.3. The second-order valence-corrected chi connectivity index (χ2v) is 27.1. The fourth-order valence-corrected chi connectivity index (χ4v) is 11.4. The third kappa shape index (κ3) is 67.4. The lowest BCUT2D eigenvalue weighted by molar-refractivity contribution is -0.870. The third-order valence-electron chi connectivity index (χ3n) is 16.2. The predicted octanol–water partition coefficient (Wildman–Crippen LogP) is 23.1. The fourth-order valence-electron chi connectivity index (χ4n) is 10.7. The van der Waals surface area contributed by atoms with Crippen LogP contribution in [0, 0.1) is 0 Å². The van der Waals surface area contributed by atoms with Crippen LogP contribution in [0.4, 0.5) is 0 Å². The normalized spacial score (nSPS) is 13.3. The minimum atomic E-state index is -4.39. The van der Waals surface area contributed by atoms with Gasteiger partial charge in [-0.1, -0.05) is 333 Å². The molecule has 9 nitrogen and oxygen atoms in total. The number of hydrogen-bond acceptors (Lipinski definition) is 7. The number of rotatable bonds is 67. The quantitative estimate of drug-likeness (QED) is 0.0211. The van der Waals surface area contributed by atoms with Crippen molar-refractivity contribution >= 4 is 19.8 Å². The van der Waals surface area contributed by atoms with Crippen LogP contribution < -0.4 is 0 Å². The Morgan fingerprint density at radius 3 is 0.976 bits per heavy atom. The standard InChI is InChI=1S/C72H138NO8P/c1-6-8-10-12-14-16-18-20-22-24-26-28-30-32-34-35-36-37-39-41-43-45-47-49-51-53-55-57-59-61-63-65-72(75)81-70(69-80-82(76,77)79-67-66-73(3,4)5)68-78-71(74)64-62-60-58-56-54-52-50-48-46-44-42-40-38-33-31-29-27-25-23-21-19-17-15-13-11-9-7-2/h18,20,24,26,30,32,70H,6-17,19,21-23,25,27-29,31,33-69H2,1-5H3/p+1/b20-18-,26-24-,32-30-. The highest BCUT2D eigenvalue weighted by Gasteiger charge is 2.27. The highest BCUT2D eigenvalue weighted by molar-refractivity contribution is 7.47. The summed E-state index contributed by atoms with van der Waals surface area (Å²) < 4.78 is 34.8. The van der Waals surface area contributed by atoms with E-state index in [1.54, 1.807) is 0 Å². The number of hydrogen-bond donors (Lipinski definition) is 1. The van der Waals surface area contributed by atoms with Crippen molar-refractivity contribution in [1.29, 1.82) is 0 Å². The molecule has 0 spiro atoms. The van der Waals surface area contributed by atoms with E-state index in [-0.39, 0.29) is 25.6 Å². The van der Waals surface area contributed by atoms with Crippen LogP contribution in [0.15, 0.2) is 36.5 Å². The molecule has 0 saturated heterocycles. The zero-order valence-electron chi connectivity index (χ0n) is 55.3. The maximum Gasteiger partial charge on any atom is 0.472 e. The van der Waals surface area contributed by atoms with E-state index in [0.717, 1.165) is 44.9 Å². The Hall–Kier alpha value is -1.77. The molecule has 1 N–H and O–H groups in total. The predicted molar refractivity (Wildman–Crippen MR) is 354 cm³/mol. The van der Waals surface area contributed by atoms with Crippen LogP contribution in [0.5, 0.6) is 0 Å². The topological polar surface area (TPSA) is 108 Å². The van der Waals surface area contributed by atoms with Crippen molar-refractivity contribution in [3.05, 3.63) is 36.5 Å². The number of quaternary nitrogens is 1. The van der Waals surface area contributed by atoms with Crippen LogP contribution in [0.25, 0.3) is 0 Å². The summed E-state index contributed by atoms with van der Waals surface area (Å²) in [5, 5.41) is 0. The maximum absolute atomic E-state index is 12.9. The number of phosphoric acid groups is 1. The lowest BCUT2D eigenvalue weighted by atomic mass is 10.0. The Morgan fingerprint density at radius 2 is 0.659 bits per heavy atom. The van der Waals surface area contributed by atoms with E-state index in [2.05, 4.69) is 50.3 Å². The van der Waals surface area contributed by atoms with Gasteiger partial charge < -0.3 is 18.9 Å². The fraction of sp³-hybridized carbons (Fsp3) is 0.889. The van der Waals surface area contributed by atoms with Gasteiger partial charge in [0.15, 0.2) is 6.10 Å². The SMILES string of the molecule is CCCCCCC/C=C\C/C=C\C/C=C\CCCCCCCCCCCCCCCCCCC(=O)OC(COC(=O)CCCCCCCCCCCCCCCCCCCCCCCCCCCCC)COP(=O)(O)OCC[N+](C)(C)C. The van der Waals surface area contributed by atoms with Gasteiger partial charge in [0, 0.05) is 12.8 Å². The second kappa shape index (κ2) is 63.7. The van der Waals surface area contributed by atoms with Gasteiger partial charge >= 0.3 is 19.8 Å². The van der Waals surface area contributed by atoms with Crippen molar-refractivity contribution in [2.45, 2.75) is 367 Å². The number of ether oxygens (including phenoxy) is 2. The summed E-state index contributed by atoms with van der Waals surface area (Å²) in [4.78, 5) is 35.9. The second-order valence-electron chi connectivity index (χ2n) is 25.6. The van der Waals surface area contributed by atoms with Crippen LogP contribution in [-0.4, -0.2) is 74.9 Å². The van der Waals surface area contributed by atoms with E-state index in [1.807, 2.05) is 21.1 Å². The minimum absolute atomic E-state index is 0.0345. The van der Waals surface area contributed by atoms with Crippen molar-refractivity contribution in [3.63, 3.8) is 0 Å². The molecule has 0 aliphatic rings. The summed E-state index contributed by atoms with van der Waals surface area (Å²) in [6.07, 6.45) is 81.1. The Balaban J connectivity index is 4.00. The molecule has 484 valence electrons. The molecular weight excluding hydrogens is 1040 g/mol.